The molecule has 0 aliphatic heterocycles. The zero-order valence-corrected chi connectivity index (χ0v) is 26.2. The molecule has 47 heavy (non-hydrogen) atoms. The number of carboxylic acids is 1. The number of rotatable bonds is 19. The summed E-state index contributed by atoms with van der Waals surface area (Å²) < 4.78 is 0. The lowest BCUT2D eigenvalue weighted by molar-refractivity contribution is -0.142. The first-order chi connectivity index (χ1) is 22.5. The molecule has 14 N–H and O–H groups in total. The lowest BCUT2D eigenvalue weighted by Crippen LogP contribution is -2.57. The van der Waals surface area contributed by atoms with Gasteiger partial charge in [-0.2, -0.15) is 0 Å². The molecule has 3 amide bonds. The maximum Gasteiger partial charge on any atom is 0.326 e. The third-order valence-electron chi connectivity index (χ3n) is 7.60. The fraction of sp³-hybridized carbons (Fsp3) is 0.406. The number of aromatic hydroxyl groups is 1. The second-order valence-corrected chi connectivity index (χ2v) is 11.3. The number of nitrogens with two attached hydrogens (primary N) is 4. The summed E-state index contributed by atoms with van der Waals surface area (Å²) >= 11 is 0. The highest BCUT2D eigenvalue weighted by Gasteiger charge is 2.30. The van der Waals surface area contributed by atoms with Gasteiger partial charge in [-0.25, -0.2) is 4.79 Å². The number of para-hydroxylation sites is 1. The lowest BCUT2D eigenvalue weighted by Gasteiger charge is -2.25. The van der Waals surface area contributed by atoms with Crippen LogP contribution < -0.4 is 38.9 Å². The van der Waals surface area contributed by atoms with Gasteiger partial charge in [-0.1, -0.05) is 30.3 Å². The van der Waals surface area contributed by atoms with Gasteiger partial charge in [0.05, 0.1) is 6.04 Å². The van der Waals surface area contributed by atoms with Crippen molar-refractivity contribution in [1.29, 1.82) is 0 Å². The fourth-order valence-corrected chi connectivity index (χ4v) is 5.05. The van der Waals surface area contributed by atoms with Gasteiger partial charge < -0.3 is 54.1 Å². The van der Waals surface area contributed by atoms with Crippen molar-refractivity contribution >= 4 is 40.6 Å². The maximum atomic E-state index is 13.7. The Labute approximate surface area is 272 Å². The number of carboxylic acid groups (broad SMARTS) is 1. The lowest BCUT2D eigenvalue weighted by atomic mass is 10.0. The number of unbranched alkanes of at least 4 members (excludes halogenated alkanes) is 1. The molecule has 1 aromatic heterocycles. The molecule has 0 aliphatic rings. The van der Waals surface area contributed by atoms with Crippen LogP contribution in [0.2, 0.25) is 0 Å². The monoisotopic (exact) mass is 651 g/mol. The number of nitrogens with one attached hydrogen (secondary N) is 4. The molecule has 254 valence electrons. The Kier molecular flexibility index (Phi) is 14.0. The summed E-state index contributed by atoms with van der Waals surface area (Å²) in [6, 6.07) is 9.13. The van der Waals surface area contributed by atoms with Crippen molar-refractivity contribution in [2.24, 2.45) is 27.9 Å². The molecule has 0 fully saturated rings. The minimum absolute atomic E-state index is 0.0113. The van der Waals surface area contributed by atoms with E-state index in [1.165, 1.54) is 12.1 Å². The second-order valence-electron chi connectivity index (χ2n) is 11.3. The smallest absolute Gasteiger partial charge is 0.326 e. The highest BCUT2D eigenvalue weighted by molar-refractivity contribution is 5.94. The Bertz CT molecular complexity index is 1520. The van der Waals surface area contributed by atoms with Gasteiger partial charge in [-0.05, 0) is 74.4 Å². The number of aliphatic carboxylic acids is 1. The predicted octanol–water partition coefficient (Wildman–Crippen LogP) is -0.292. The number of aromatic nitrogens is 1. The number of phenolic OH excluding ortho intramolecular Hbond substituents is 1. The van der Waals surface area contributed by atoms with Crippen LogP contribution in [0.1, 0.15) is 43.2 Å². The number of phenols is 1. The summed E-state index contributed by atoms with van der Waals surface area (Å²) in [5.74, 6) is -3.33. The quantitative estimate of drug-likeness (QED) is 0.0459. The number of aliphatic imine (C=N–C) groups is 1. The number of nitrogens with zero attached hydrogens (tertiary/aromatic N) is 1. The number of amides is 3. The molecule has 0 aliphatic carbocycles. The number of benzene rings is 2. The number of fused-ring (bicyclic) bond motifs is 1. The molecule has 0 saturated heterocycles. The molecule has 3 rings (SSSR count). The first-order valence-electron chi connectivity index (χ1n) is 15.5. The molecule has 4 unspecified atom stereocenters. The van der Waals surface area contributed by atoms with E-state index >= 15 is 0 Å². The molecule has 0 bridgehead atoms. The van der Waals surface area contributed by atoms with E-state index in [2.05, 4.69) is 25.9 Å². The third kappa shape index (κ3) is 11.6. The molecule has 0 radical (unpaired) electrons. The third-order valence-corrected chi connectivity index (χ3v) is 7.60. The molecule has 4 atom stereocenters. The number of carbonyl (C=O) groups is 4. The van der Waals surface area contributed by atoms with Gasteiger partial charge in [0.15, 0.2) is 5.96 Å². The van der Waals surface area contributed by atoms with Crippen molar-refractivity contribution in [2.75, 3.05) is 13.1 Å². The van der Waals surface area contributed by atoms with E-state index in [1.54, 1.807) is 18.3 Å². The van der Waals surface area contributed by atoms with Crippen LogP contribution in [-0.2, 0) is 32.0 Å². The van der Waals surface area contributed by atoms with Crippen LogP contribution in [0.5, 0.6) is 5.75 Å². The average molecular weight is 652 g/mol. The highest BCUT2D eigenvalue weighted by Crippen LogP contribution is 2.19. The molecule has 0 spiro atoms. The number of hydrogen-bond donors (Lipinski definition) is 10. The Morgan fingerprint density at radius 2 is 1.45 bits per heavy atom. The van der Waals surface area contributed by atoms with Crippen molar-refractivity contribution in [2.45, 2.75) is 69.1 Å². The van der Waals surface area contributed by atoms with Crippen LogP contribution in [0.4, 0.5) is 0 Å². The number of carbonyl (C=O) groups excluding carboxylic acids is 3. The van der Waals surface area contributed by atoms with Gasteiger partial charge in [0.2, 0.25) is 17.7 Å². The van der Waals surface area contributed by atoms with E-state index in [9.17, 15) is 29.4 Å². The largest absolute Gasteiger partial charge is 0.508 e. The molecule has 2 aromatic carbocycles. The number of hydrogen-bond acceptors (Lipinski definition) is 8. The van der Waals surface area contributed by atoms with E-state index in [0.717, 1.165) is 16.5 Å². The van der Waals surface area contributed by atoms with E-state index < -0.39 is 47.9 Å². The van der Waals surface area contributed by atoms with Gasteiger partial charge in [0, 0.05) is 30.1 Å². The van der Waals surface area contributed by atoms with Gasteiger partial charge in [-0.15, -0.1) is 0 Å². The molecule has 15 heteroatoms. The first kappa shape index (κ1) is 36.3. The molecular weight excluding hydrogens is 606 g/mol. The zero-order valence-electron chi connectivity index (χ0n) is 26.2. The Balaban J connectivity index is 1.76. The van der Waals surface area contributed by atoms with Crippen LogP contribution >= 0.6 is 0 Å². The number of aromatic amines is 1. The molecule has 15 nitrogen and oxygen atoms in total. The van der Waals surface area contributed by atoms with Crippen molar-refractivity contribution in [3.8, 4) is 5.75 Å². The fourth-order valence-electron chi connectivity index (χ4n) is 5.05. The summed E-state index contributed by atoms with van der Waals surface area (Å²) in [4.78, 5) is 59.3. The summed E-state index contributed by atoms with van der Waals surface area (Å²) in [5, 5.41) is 28.3. The SMILES string of the molecule is NCCCCC(NC(=O)C(N)Cc1c[nH]c2ccccc12)C(=O)NC(Cc1ccc(O)cc1)C(=O)NC(CCCN=C(N)N)C(=O)O. The van der Waals surface area contributed by atoms with E-state index in [4.69, 9.17) is 22.9 Å². The normalized spacial score (nSPS) is 13.6. The van der Waals surface area contributed by atoms with Crippen molar-refractivity contribution < 1.29 is 29.4 Å². The van der Waals surface area contributed by atoms with E-state index in [-0.39, 0.29) is 50.4 Å². The van der Waals surface area contributed by atoms with Crippen LogP contribution in [-0.4, -0.2) is 82.1 Å². The number of guanidine groups is 1. The molecule has 1 heterocycles. The van der Waals surface area contributed by atoms with Gasteiger partial charge in [0.1, 0.15) is 23.9 Å². The number of H-pyrrole nitrogens is 1. The topological polar surface area (TPSA) is 277 Å². The van der Waals surface area contributed by atoms with Gasteiger partial charge >= 0.3 is 5.97 Å². The van der Waals surface area contributed by atoms with E-state index in [0.29, 0.717) is 24.9 Å². The standard InChI is InChI=1S/C32H45N9O6/c33-14-4-3-8-25(39-28(43)23(34)17-20-18-38-24-7-2-1-6-22(20)24)29(44)41-27(16-19-10-12-21(42)13-11-19)30(45)40-26(31(46)47)9-5-15-37-32(35)36/h1-2,6-7,10-13,18,23,25-27,38,42H,3-5,8-9,14-17,33-34H2,(H,39,43)(H,40,45)(H,41,44)(H,46,47)(H4,35,36,37). The van der Waals surface area contributed by atoms with Gasteiger partial charge in [0.25, 0.3) is 0 Å². The van der Waals surface area contributed by atoms with Crippen LogP contribution in [0, 0.1) is 0 Å². The van der Waals surface area contributed by atoms with Crippen molar-refractivity contribution in [3.05, 3.63) is 65.9 Å². The summed E-state index contributed by atoms with van der Waals surface area (Å²) in [5.41, 5.74) is 24.9. The summed E-state index contributed by atoms with van der Waals surface area (Å²) in [6.45, 7) is 0.552. The molecular formula is C32H45N9O6. The molecule has 0 saturated carbocycles. The van der Waals surface area contributed by atoms with E-state index in [1.807, 2.05) is 24.3 Å². The first-order valence-corrected chi connectivity index (χ1v) is 15.5. The van der Waals surface area contributed by atoms with Gasteiger partial charge in [-0.3, -0.25) is 19.4 Å². The second kappa shape index (κ2) is 18.1. The minimum Gasteiger partial charge on any atom is -0.508 e. The van der Waals surface area contributed by atoms with Crippen LogP contribution in [0.25, 0.3) is 10.9 Å². The Morgan fingerprint density at radius 3 is 2.13 bits per heavy atom. The Hall–Kier alpha value is -5.15. The Morgan fingerprint density at radius 1 is 0.809 bits per heavy atom. The maximum absolute atomic E-state index is 13.7. The zero-order chi connectivity index (χ0) is 34.3. The minimum atomic E-state index is -1.28. The predicted molar refractivity (Wildman–Crippen MR) is 178 cm³/mol. The summed E-state index contributed by atoms with van der Waals surface area (Å²) in [7, 11) is 0. The van der Waals surface area contributed by atoms with Crippen LogP contribution in [0.15, 0.2) is 59.7 Å². The molecule has 3 aromatic rings. The van der Waals surface area contributed by atoms with Crippen molar-refractivity contribution in [1.82, 2.24) is 20.9 Å². The van der Waals surface area contributed by atoms with Crippen molar-refractivity contribution in [3.63, 3.8) is 0 Å². The average Bonchev–Trinajstić information content (AvgIpc) is 3.44. The van der Waals surface area contributed by atoms with Crippen LogP contribution in [0.3, 0.4) is 0 Å². The highest BCUT2D eigenvalue weighted by atomic mass is 16.4. The summed E-state index contributed by atoms with van der Waals surface area (Å²) in [6.07, 6.45) is 3.63.